The molecule has 0 bridgehead atoms. The van der Waals surface area contributed by atoms with E-state index in [1.165, 1.54) is 0 Å². The molecule has 0 radical (unpaired) electrons. The number of carbonyl (C=O) groups is 2. The number of carbonyl (C=O) groups excluding carboxylic acids is 2. The Labute approximate surface area is 176 Å². The maximum atomic E-state index is 13.9. The first kappa shape index (κ1) is 19.9. The number of nitrogens with zero attached hydrogens (tertiary/aromatic N) is 3. The molecule has 30 heavy (non-hydrogen) atoms. The molecule has 1 N–H and O–H groups in total. The van der Waals surface area contributed by atoms with Crippen LogP contribution in [-0.4, -0.2) is 45.4 Å². The Balaban J connectivity index is 1.62. The lowest BCUT2D eigenvalue weighted by Crippen LogP contribution is -2.47. The summed E-state index contributed by atoms with van der Waals surface area (Å²) in [7, 11) is 0. The minimum Gasteiger partial charge on any atom is -0.354 e. The van der Waals surface area contributed by atoms with Crippen molar-refractivity contribution in [3.8, 4) is 0 Å². The molecule has 1 atom stereocenters. The standard InChI is InChI=1S/C24H26N4O2/c29-23-21(12-13-26-23)28(16-7-15-27-17-14-25-18-27)24(30)22(19-8-3-1-4-9-19)20-10-5-2-6-11-20/h1-6,8-11,14,17-18,21-22H,7,12-13,15-16H2,(H,26,29). The molecule has 1 unspecified atom stereocenters. The van der Waals surface area contributed by atoms with E-state index in [1.54, 1.807) is 17.4 Å². The Morgan fingerprint density at radius 2 is 1.77 bits per heavy atom. The molecule has 0 aliphatic carbocycles. The summed E-state index contributed by atoms with van der Waals surface area (Å²) in [5.74, 6) is -0.528. The predicted octanol–water partition coefficient (Wildman–Crippen LogP) is 2.82. The third kappa shape index (κ3) is 4.43. The second-order valence-electron chi connectivity index (χ2n) is 7.54. The SMILES string of the molecule is O=C1NCCC1N(CCCn1ccnc1)C(=O)C(c1ccccc1)c1ccccc1. The molecule has 4 rings (SSSR count). The summed E-state index contributed by atoms with van der Waals surface area (Å²) < 4.78 is 1.99. The molecule has 1 aliphatic heterocycles. The van der Waals surface area contributed by atoms with E-state index in [2.05, 4.69) is 10.3 Å². The molecule has 6 nitrogen and oxygen atoms in total. The topological polar surface area (TPSA) is 67.2 Å². The van der Waals surface area contributed by atoms with E-state index in [4.69, 9.17) is 0 Å². The lowest BCUT2D eigenvalue weighted by atomic mass is 9.89. The van der Waals surface area contributed by atoms with E-state index in [-0.39, 0.29) is 11.8 Å². The van der Waals surface area contributed by atoms with Gasteiger partial charge in [0, 0.05) is 32.0 Å². The van der Waals surface area contributed by atoms with Crippen molar-refractivity contribution in [3.63, 3.8) is 0 Å². The Hall–Kier alpha value is -3.41. The molecule has 3 aromatic rings. The first-order chi connectivity index (χ1) is 14.7. The Bertz CT molecular complexity index is 918. The van der Waals surface area contributed by atoms with Gasteiger partial charge in [0.1, 0.15) is 6.04 Å². The van der Waals surface area contributed by atoms with Gasteiger partial charge in [0.2, 0.25) is 11.8 Å². The lowest BCUT2D eigenvalue weighted by molar-refractivity contribution is -0.139. The van der Waals surface area contributed by atoms with Gasteiger partial charge in [0.15, 0.2) is 0 Å². The number of rotatable bonds is 8. The highest BCUT2D eigenvalue weighted by molar-refractivity contribution is 5.93. The van der Waals surface area contributed by atoms with Gasteiger partial charge in [-0.15, -0.1) is 0 Å². The van der Waals surface area contributed by atoms with Crippen molar-refractivity contribution in [1.29, 1.82) is 0 Å². The number of hydrogen-bond acceptors (Lipinski definition) is 3. The molecule has 2 heterocycles. The average Bonchev–Trinajstić information content (AvgIpc) is 3.45. The van der Waals surface area contributed by atoms with Crippen molar-refractivity contribution in [2.75, 3.05) is 13.1 Å². The summed E-state index contributed by atoms with van der Waals surface area (Å²) in [4.78, 5) is 32.2. The second kappa shape index (κ2) is 9.39. The number of aromatic nitrogens is 2. The molecule has 1 saturated heterocycles. The third-order valence-corrected chi connectivity index (χ3v) is 5.57. The fourth-order valence-electron chi connectivity index (χ4n) is 4.08. The van der Waals surface area contributed by atoms with Gasteiger partial charge in [-0.3, -0.25) is 9.59 Å². The van der Waals surface area contributed by atoms with Gasteiger partial charge in [-0.1, -0.05) is 60.7 Å². The first-order valence-corrected chi connectivity index (χ1v) is 10.4. The maximum Gasteiger partial charge on any atom is 0.242 e. The number of aryl methyl sites for hydroxylation is 1. The van der Waals surface area contributed by atoms with Crippen LogP contribution in [0.3, 0.4) is 0 Å². The van der Waals surface area contributed by atoms with Gasteiger partial charge in [-0.2, -0.15) is 0 Å². The summed E-state index contributed by atoms with van der Waals surface area (Å²) in [5.41, 5.74) is 1.87. The van der Waals surface area contributed by atoms with E-state index < -0.39 is 12.0 Å². The van der Waals surface area contributed by atoms with E-state index in [0.717, 1.165) is 24.1 Å². The van der Waals surface area contributed by atoms with Gasteiger partial charge < -0.3 is 14.8 Å². The highest BCUT2D eigenvalue weighted by atomic mass is 16.2. The molecule has 0 spiro atoms. The van der Waals surface area contributed by atoms with Crippen LogP contribution in [0, 0.1) is 0 Å². The van der Waals surface area contributed by atoms with Crippen LogP contribution in [0.2, 0.25) is 0 Å². The molecule has 6 heteroatoms. The zero-order valence-corrected chi connectivity index (χ0v) is 16.9. The molecule has 0 saturated carbocycles. The predicted molar refractivity (Wildman–Crippen MR) is 115 cm³/mol. The largest absolute Gasteiger partial charge is 0.354 e. The molecule has 1 fully saturated rings. The van der Waals surface area contributed by atoms with Crippen LogP contribution in [0.1, 0.15) is 29.9 Å². The Morgan fingerprint density at radius 1 is 1.10 bits per heavy atom. The minimum atomic E-state index is -0.436. The Kier molecular flexibility index (Phi) is 6.23. The van der Waals surface area contributed by atoms with Crippen molar-refractivity contribution < 1.29 is 9.59 Å². The van der Waals surface area contributed by atoms with Crippen LogP contribution in [-0.2, 0) is 16.1 Å². The Morgan fingerprint density at radius 3 is 2.30 bits per heavy atom. The average molecular weight is 402 g/mol. The van der Waals surface area contributed by atoms with Crippen molar-refractivity contribution in [2.45, 2.75) is 31.3 Å². The highest BCUT2D eigenvalue weighted by Gasteiger charge is 2.37. The number of imidazole rings is 1. The van der Waals surface area contributed by atoms with Gasteiger partial charge in [0.05, 0.1) is 12.2 Å². The lowest BCUT2D eigenvalue weighted by Gasteiger charge is -2.31. The maximum absolute atomic E-state index is 13.9. The second-order valence-corrected chi connectivity index (χ2v) is 7.54. The number of nitrogens with one attached hydrogen (secondary N) is 1. The van der Waals surface area contributed by atoms with Crippen molar-refractivity contribution in [3.05, 3.63) is 90.5 Å². The minimum absolute atomic E-state index is 0.0277. The normalized spacial score (nSPS) is 15.9. The van der Waals surface area contributed by atoms with E-state index in [1.807, 2.05) is 71.4 Å². The van der Waals surface area contributed by atoms with Crippen LogP contribution in [0.4, 0.5) is 0 Å². The fourth-order valence-corrected chi connectivity index (χ4v) is 4.08. The zero-order valence-electron chi connectivity index (χ0n) is 16.9. The summed E-state index contributed by atoms with van der Waals surface area (Å²) >= 11 is 0. The number of amides is 2. The van der Waals surface area contributed by atoms with E-state index in [0.29, 0.717) is 19.5 Å². The van der Waals surface area contributed by atoms with Gasteiger partial charge in [0.25, 0.3) is 0 Å². The summed E-state index contributed by atoms with van der Waals surface area (Å²) in [6, 6.07) is 19.2. The van der Waals surface area contributed by atoms with Crippen LogP contribution < -0.4 is 5.32 Å². The fraction of sp³-hybridized carbons (Fsp3) is 0.292. The molecule has 2 amide bonds. The smallest absolute Gasteiger partial charge is 0.242 e. The summed E-state index contributed by atoms with van der Waals surface area (Å²) in [6.45, 7) is 1.88. The summed E-state index contributed by atoms with van der Waals surface area (Å²) in [6.07, 6.45) is 6.82. The van der Waals surface area contributed by atoms with Crippen LogP contribution in [0.5, 0.6) is 0 Å². The van der Waals surface area contributed by atoms with Gasteiger partial charge in [-0.05, 0) is 24.0 Å². The van der Waals surface area contributed by atoms with Crippen LogP contribution >= 0.6 is 0 Å². The molecule has 2 aromatic carbocycles. The van der Waals surface area contributed by atoms with E-state index >= 15 is 0 Å². The molecular formula is C24H26N4O2. The van der Waals surface area contributed by atoms with Gasteiger partial charge >= 0.3 is 0 Å². The van der Waals surface area contributed by atoms with Crippen molar-refractivity contribution in [2.24, 2.45) is 0 Å². The molecule has 154 valence electrons. The molecule has 1 aromatic heterocycles. The van der Waals surface area contributed by atoms with Crippen LogP contribution in [0.15, 0.2) is 79.4 Å². The monoisotopic (exact) mass is 402 g/mol. The number of hydrogen-bond donors (Lipinski definition) is 1. The van der Waals surface area contributed by atoms with E-state index in [9.17, 15) is 9.59 Å². The zero-order chi connectivity index (χ0) is 20.8. The quantitative estimate of drug-likeness (QED) is 0.630. The van der Waals surface area contributed by atoms with Crippen LogP contribution in [0.25, 0.3) is 0 Å². The van der Waals surface area contributed by atoms with Gasteiger partial charge in [-0.25, -0.2) is 4.98 Å². The summed E-state index contributed by atoms with van der Waals surface area (Å²) in [5, 5.41) is 2.88. The van der Waals surface area contributed by atoms with Crippen molar-refractivity contribution >= 4 is 11.8 Å². The van der Waals surface area contributed by atoms with Crippen molar-refractivity contribution in [1.82, 2.24) is 19.8 Å². The third-order valence-electron chi connectivity index (χ3n) is 5.57. The molecular weight excluding hydrogens is 376 g/mol. The highest BCUT2D eigenvalue weighted by Crippen LogP contribution is 2.28. The molecule has 1 aliphatic rings. The first-order valence-electron chi connectivity index (χ1n) is 10.4. The number of benzene rings is 2.